The van der Waals surface area contributed by atoms with Gasteiger partial charge < -0.3 is 5.73 Å². The zero-order chi connectivity index (χ0) is 9.76. The number of aromatic nitrogens is 3. The van der Waals surface area contributed by atoms with E-state index in [4.69, 9.17) is 5.73 Å². The average molecular weight is 253 g/mol. The third-order valence-corrected chi connectivity index (χ3v) is 3.26. The molecule has 1 aliphatic rings. The van der Waals surface area contributed by atoms with Crippen LogP contribution >= 0.6 is 15.9 Å². The maximum absolute atomic E-state index is 6.15. The molecular formula is C9H9BrN4. The van der Waals surface area contributed by atoms with E-state index < -0.39 is 0 Å². The Bertz CT molecular complexity index is 500. The standard InChI is InChI=1S/C9H9BrN4/c10-8-13-12-7-6(9(11)3-4-9)2-1-5-14(7)8/h1-2,5H,3-4,11H2. The van der Waals surface area contributed by atoms with Crippen molar-refractivity contribution in [2.45, 2.75) is 18.4 Å². The molecule has 0 spiro atoms. The summed E-state index contributed by atoms with van der Waals surface area (Å²) in [7, 11) is 0. The van der Waals surface area contributed by atoms with Gasteiger partial charge in [0.1, 0.15) is 0 Å². The summed E-state index contributed by atoms with van der Waals surface area (Å²) < 4.78 is 2.63. The number of hydrogen-bond acceptors (Lipinski definition) is 3. The Morgan fingerprint density at radius 3 is 2.93 bits per heavy atom. The van der Waals surface area contributed by atoms with E-state index in [2.05, 4.69) is 26.1 Å². The van der Waals surface area contributed by atoms with E-state index in [1.807, 2.05) is 22.7 Å². The molecule has 0 bridgehead atoms. The summed E-state index contributed by atoms with van der Waals surface area (Å²) in [6, 6.07) is 4.01. The van der Waals surface area contributed by atoms with E-state index in [1.165, 1.54) is 0 Å². The Hall–Kier alpha value is -0.940. The van der Waals surface area contributed by atoms with Crippen molar-refractivity contribution in [1.29, 1.82) is 0 Å². The Morgan fingerprint density at radius 2 is 2.21 bits per heavy atom. The molecule has 2 aromatic heterocycles. The van der Waals surface area contributed by atoms with E-state index in [9.17, 15) is 0 Å². The topological polar surface area (TPSA) is 56.2 Å². The van der Waals surface area contributed by atoms with Crippen LogP contribution in [-0.4, -0.2) is 14.6 Å². The Morgan fingerprint density at radius 1 is 1.43 bits per heavy atom. The molecule has 1 aliphatic carbocycles. The first-order valence-electron chi connectivity index (χ1n) is 4.49. The normalized spacial score (nSPS) is 18.7. The zero-order valence-corrected chi connectivity index (χ0v) is 9.03. The highest BCUT2D eigenvalue weighted by atomic mass is 79.9. The minimum Gasteiger partial charge on any atom is -0.321 e. The van der Waals surface area contributed by atoms with Gasteiger partial charge in [-0.3, -0.25) is 4.40 Å². The Labute approximate surface area is 89.3 Å². The summed E-state index contributed by atoms with van der Waals surface area (Å²) in [5, 5.41) is 8.08. The lowest BCUT2D eigenvalue weighted by molar-refractivity contribution is 0.739. The van der Waals surface area contributed by atoms with Gasteiger partial charge in [0.05, 0.1) is 0 Å². The molecule has 2 aromatic rings. The first kappa shape index (κ1) is 8.38. The fraction of sp³-hybridized carbons (Fsp3) is 0.333. The van der Waals surface area contributed by atoms with E-state index in [-0.39, 0.29) is 5.54 Å². The second-order valence-corrected chi connectivity index (χ2v) is 4.45. The molecule has 5 heteroatoms. The molecule has 0 amide bonds. The quantitative estimate of drug-likeness (QED) is 0.836. The van der Waals surface area contributed by atoms with Crippen molar-refractivity contribution in [3.8, 4) is 0 Å². The van der Waals surface area contributed by atoms with Gasteiger partial charge in [0.25, 0.3) is 0 Å². The van der Waals surface area contributed by atoms with Crippen LogP contribution in [-0.2, 0) is 5.54 Å². The number of nitrogens with zero attached hydrogens (tertiary/aromatic N) is 3. The van der Waals surface area contributed by atoms with Crippen molar-refractivity contribution < 1.29 is 0 Å². The molecule has 0 radical (unpaired) electrons. The van der Waals surface area contributed by atoms with Gasteiger partial charge in [-0.25, -0.2) is 0 Å². The number of pyridine rings is 1. The largest absolute Gasteiger partial charge is 0.321 e. The van der Waals surface area contributed by atoms with Crippen LogP contribution < -0.4 is 5.73 Å². The fourth-order valence-electron chi connectivity index (χ4n) is 1.68. The average Bonchev–Trinajstić information content (AvgIpc) is 2.83. The molecule has 0 saturated heterocycles. The summed E-state index contributed by atoms with van der Waals surface area (Å²) in [6.45, 7) is 0. The van der Waals surface area contributed by atoms with Gasteiger partial charge in [-0.05, 0) is 34.8 Å². The maximum Gasteiger partial charge on any atom is 0.204 e. The lowest BCUT2D eigenvalue weighted by atomic mass is 10.1. The molecule has 0 unspecified atom stereocenters. The maximum atomic E-state index is 6.15. The van der Waals surface area contributed by atoms with Crippen LogP contribution in [0.2, 0.25) is 0 Å². The van der Waals surface area contributed by atoms with Crippen molar-refractivity contribution in [1.82, 2.24) is 14.6 Å². The minimum atomic E-state index is -0.158. The molecule has 1 saturated carbocycles. The van der Waals surface area contributed by atoms with E-state index in [0.29, 0.717) is 0 Å². The van der Waals surface area contributed by atoms with Crippen LogP contribution in [0.15, 0.2) is 23.1 Å². The number of nitrogens with two attached hydrogens (primary N) is 1. The predicted molar refractivity (Wildman–Crippen MR) is 55.8 cm³/mol. The zero-order valence-electron chi connectivity index (χ0n) is 7.44. The van der Waals surface area contributed by atoms with Gasteiger partial charge in [-0.2, -0.15) is 0 Å². The summed E-state index contributed by atoms with van der Waals surface area (Å²) in [5.74, 6) is 0. The van der Waals surface area contributed by atoms with Crippen molar-refractivity contribution in [3.63, 3.8) is 0 Å². The predicted octanol–water partition coefficient (Wildman–Crippen LogP) is 1.44. The third-order valence-electron chi connectivity index (χ3n) is 2.72. The summed E-state index contributed by atoms with van der Waals surface area (Å²) >= 11 is 3.34. The lowest BCUT2D eigenvalue weighted by Crippen LogP contribution is -2.19. The molecule has 0 aliphatic heterocycles. The van der Waals surface area contributed by atoms with E-state index in [0.717, 1.165) is 28.8 Å². The highest BCUT2D eigenvalue weighted by Gasteiger charge is 2.42. The second-order valence-electron chi connectivity index (χ2n) is 3.74. The molecule has 0 atom stereocenters. The van der Waals surface area contributed by atoms with Crippen molar-refractivity contribution >= 4 is 21.6 Å². The molecular weight excluding hydrogens is 244 g/mol. The van der Waals surface area contributed by atoms with Crippen LogP contribution in [0.5, 0.6) is 0 Å². The molecule has 3 rings (SSSR count). The van der Waals surface area contributed by atoms with E-state index in [1.54, 1.807) is 0 Å². The van der Waals surface area contributed by atoms with Gasteiger partial charge in [0, 0.05) is 17.3 Å². The van der Waals surface area contributed by atoms with Gasteiger partial charge in [-0.1, -0.05) is 6.07 Å². The molecule has 4 nitrogen and oxygen atoms in total. The third kappa shape index (κ3) is 1.02. The van der Waals surface area contributed by atoms with Crippen molar-refractivity contribution in [2.75, 3.05) is 0 Å². The molecule has 14 heavy (non-hydrogen) atoms. The minimum absolute atomic E-state index is 0.158. The first-order chi connectivity index (χ1) is 6.71. The lowest BCUT2D eigenvalue weighted by Gasteiger charge is -2.09. The van der Waals surface area contributed by atoms with Crippen LogP contribution in [0.25, 0.3) is 5.65 Å². The second kappa shape index (κ2) is 2.55. The summed E-state index contributed by atoms with van der Waals surface area (Å²) in [5.41, 5.74) is 7.95. The number of hydrogen-bond donors (Lipinski definition) is 1. The molecule has 72 valence electrons. The SMILES string of the molecule is NC1(c2cccn3c(Br)nnc23)CC1. The highest BCUT2D eigenvalue weighted by Crippen LogP contribution is 2.43. The number of rotatable bonds is 1. The summed E-state index contributed by atoms with van der Waals surface area (Å²) in [4.78, 5) is 0. The number of fused-ring (bicyclic) bond motifs is 1. The molecule has 0 aromatic carbocycles. The van der Waals surface area contributed by atoms with Crippen LogP contribution in [0.4, 0.5) is 0 Å². The molecule has 2 heterocycles. The fourth-order valence-corrected chi connectivity index (χ4v) is 2.05. The van der Waals surface area contributed by atoms with Crippen LogP contribution in [0, 0.1) is 0 Å². The van der Waals surface area contributed by atoms with Gasteiger partial charge in [-0.15, -0.1) is 10.2 Å². The smallest absolute Gasteiger partial charge is 0.204 e. The van der Waals surface area contributed by atoms with Crippen LogP contribution in [0.3, 0.4) is 0 Å². The van der Waals surface area contributed by atoms with Crippen molar-refractivity contribution in [3.05, 3.63) is 28.6 Å². The van der Waals surface area contributed by atoms with Gasteiger partial charge in [0.15, 0.2) is 5.65 Å². The highest BCUT2D eigenvalue weighted by molar-refractivity contribution is 9.10. The number of halogens is 1. The van der Waals surface area contributed by atoms with E-state index >= 15 is 0 Å². The first-order valence-corrected chi connectivity index (χ1v) is 5.29. The van der Waals surface area contributed by atoms with Gasteiger partial charge >= 0.3 is 0 Å². The Balaban J connectivity index is 2.34. The van der Waals surface area contributed by atoms with Crippen molar-refractivity contribution in [2.24, 2.45) is 5.73 Å². The molecule has 2 N–H and O–H groups in total. The van der Waals surface area contributed by atoms with Crippen LogP contribution in [0.1, 0.15) is 18.4 Å². The van der Waals surface area contributed by atoms with Gasteiger partial charge in [0.2, 0.25) is 4.73 Å². The monoisotopic (exact) mass is 252 g/mol. The summed E-state index contributed by atoms with van der Waals surface area (Å²) in [6.07, 6.45) is 4.00. The Kier molecular flexibility index (Phi) is 1.52. The molecule has 1 fully saturated rings.